The van der Waals surface area contributed by atoms with Crippen molar-refractivity contribution in [2.75, 3.05) is 19.9 Å². The van der Waals surface area contributed by atoms with Gasteiger partial charge >= 0.3 is 5.97 Å². The maximum absolute atomic E-state index is 12.8. The van der Waals surface area contributed by atoms with Gasteiger partial charge < -0.3 is 19.5 Å². The maximum atomic E-state index is 12.8. The van der Waals surface area contributed by atoms with E-state index in [-0.39, 0.29) is 36.1 Å². The molecule has 3 rings (SSSR count). The Kier molecular flexibility index (Phi) is 5.76. The summed E-state index contributed by atoms with van der Waals surface area (Å²) in [5.41, 5.74) is 1.30. The van der Waals surface area contributed by atoms with Crippen molar-refractivity contribution < 1.29 is 19.0 Å². The maximum Gasteiger partial charge on any atom is 0.311 e. The summed E-state index contributed by atoms with van der Waals surface area (Å²) in [6.45, 7) is 10.1. The normalized spacial score (nSPS) is 24.7. The minimum atomic E-state index is -0.175. The van der Waals surface area contributed by atoms with Crippen molar-refractivity contribution in [1.82, 2.24) is 5.32 Å². The molecule has 144 valence electrons. The van der Waals surface area contributed by atoms with Crippen molar-refractivity contribution in [2.24, 2.45) is 11.3 Å². The minimum absolute atomic E-state index is 0.0889. The molecule has 3 atom stereocenters. The number of carbonyl (C=O) groups excluding carboxylic acids is 1. The molecule has 1 N–H and O–H groups in total. The van der Waals surface area contributed by atoms with Crippen LogP contribution in [0.3, 0.4) is 0 Å². The number of fused-ring (bicyclic) bond motifs is 1. The standard InChI is InChI=1S/C21H31NO4/c1-5-9-21(3,4)11-16-19(20(23)24-6-2)15(12-22-16)14-7-8-17-18(10-14)26-13-25-17/h7-8,10,15-16,19,22H,5-6,9,11-13H2,1-4H3. The highest BCUT2D eigenvalue weighted by molar-refractivity contribution is 5.75. The second-order valence-corrected chi connectivity index (χ2v) is 8.13. The van der Waals surface area contributed by atoms with Gasteiger partial charge in [0.15, 0.2) is 11.5 Å². The Morgan fingerprint density at radius 1 is 1.27 bits per heavy atom. The molecule has 0 saturated carbocycles. The first-order valence-electron chi connectivity index (χ1n) is 9.74. The predicted molar refractivity (Wildman–Crippen MR) is 101 cm³/mol. The summed E-state index contributed by atoms with van der Waals surface area (Å²) in [5, 5.41) is 3.60. The van der Waals surface area contributed by atoms with Crippen molar-refractivity contribution in [2.45, 2.75) is 58.9 Å². The zero-order valence-corrected chi connectivity index (χ0v) is 16.3. The van der Waals surface area contributed by atoms with Gasteiger partial charge in [-0.15, -0.1) is 0 Å². The van der Waals surface area contributed by atoms with Crippen LogP contribution in [0.2, 0.25) is 0 Å². The molecule has 1 aromatic carbocycles. The highest BCUT2D eigenvalue weighted by Gasteiger charge is 2.44. The number of hydrogen-bond acceptors (Lipinski definition) is 5. The molecule has 0 aromatic heterocycles. The zero-order valence-electron chi connectivity index (χ0n) is 16.3. The van der Waals surface area contributed by atoms with Gasteiger partial charge in [-0.05, 0) is 42.9 Å². The lowest BCUT2D eigenvalue weighted by Gasteiger charge is -2.31. The van der Waals surface area contributed by atoms with Crippen LogP contribution in [-0.4, -0.2) is 32.0 Å². The predicted octanol–water partition coefficient (Wildman–Crippen LogP) is 3.87. The van der Waals surface area contributed by atoms with Crippen molar-refractivity contribution >= 4 is 5.97 Å². The van der Waals surface area contributed by atoms with E-state index in [1.807, 2.05) is 25.1 Å². The summed E-state index contributed by atoms with van der Waals surface area (Å²) in [6.07, 6.45) is 3.26. The van der Waals surface area contributed by atoms with Gasteiger partial charge in [-0.2, -0.15) is 0 Å². The van der Waals surface area contributed by atoms with Crippen molar-refractivity contribution in [1.29, 1.82) is 0 Å². The van der Waals surface area contributed by atoms with Crippen LogP contribution in [0.15, 0.2) is 18.2 Å². The number of nitrogens with one attached hydrogen (secondary N) is 1. The summed E-state index contributed by atoms with van der Waals surface area (Å²) < 4.78 is 16.4. The van der Waals surface area contributed by atoms with Gasteiger partial charge in [-0.25, -0.2) is 0 Å². The lowest BCUT2D eigenvalue weighted by molar-refractivity contribution is -0.149. The molecule has 5 nitrogen and oxygen atoms in total. The molecule has 2 heterocycles. The van der Waals surface area contributed by atoms with Gasteiger partial charge in [-0.3, -0.25) is 4.79 Å². The van der Waals surface area contributed by atoms with E-state index in [9.17, 15) is 4.79 Å². The lowest BCUT2D eigenvalue weighted by atomic mass is 9.76. The average molecular weight is 361 g/mol. The van der Waals surface area contributed by atoms with Crippen LogP contribution in [0.25, 0.3) is 0 Å². The molecule has 0 aliphatic carbocycles. The first kappa shape index (κ1) is 19.0. The van der Waals surface area contributed by atoms with Crippen LogP contribution in [0, 0.1) is 11.3 Å². The molecule has 2 aliphatic heterocycles. The Balaban J connectivity index is 1.83. The first-order valence-corrected chi connectivity index (χ1v) is 9.74. The molecule has 1 fully saturated rings. The molecule has 3 unspecified atom stereocenters. The van der Waals surface area contributed by atoms with E-state index in [2.05, 4.69) is 26.1 Å². The number of hydrogen-bond donors (Lipinski definition) is 1. The van der Waals surface area contributed by atoms with E-state index < -0.39 is 0 Å². The Hall–Kier alpha value is -1.75. The Morgan fingerprint density at radius 2 is 2.04 bits per heavy atom. The van der Waals surface area contributed by atoms with E-state index in [1.54, 1.807) is 0 Å². The quantitative estimate of drug-likeness (QED) is 0.747. The number of benzene rings is 1. The highest BCUT2D eigenvalue weighted by Crippen LogP contribution is 2.42. The monoisotopic (exact) mass is 361 g/mol. The molecule has 2 aliphatic rings. The molecule has 0 amide bonds. The second-order valence-electron chi connectivity index (χ2n) is 8.13. The molecule has 0 spiro atoms. The lowest BCUT2D eigenvalue weighted by Crippen LogP contribution is -2.37. The average Bonchev–Trinajstić information content (AvgIpc) is 3.20. The van der Waals surface area contributed by atoms with Crippen LogP contribution in [0.1, 0.15) is 58.4 Å². The summed E-state index contributed by atoms with van der Waals surface area (Å²) in [4.78, 5) is 12.8. The fourth-order valence-corrected chi connectivity index (χ4v) is 4.42. The van der Waals surface area contributed by atoms with Crippen LogP contribution in [0.5, 0.6) is 11.5 Å². The molecule has 26 heavy (non-hydrogen) atoms. The Bertz CT molecular complexity index is 643. The summed E-state index contributed by atoms with van der Waals surface area (Å²) in [6, 6.07) is 6.13. The molecule has 0 radical (unpaired) electrons. The third-order valence-corrected chi connectivity index (χ3v) is 5.55. The molecule has 5 heteroatoms. The third kappa shape index (κ3) is 3.98. The van der Waals surface area contributed by atoms with Crippen LogP contribution >= 0.6 is 0 Å². The van der Waals surface area contributed by atoms with Crippen molar-refractivity contribution in [3.8, 4) is 11.5 Å². The number of ether oxygens (including phenoxy) is 3. The fourth-order valence-electron chi connectivity index (χ4n) is 4.42. The van der Waals surface area contributed by atoms with Crippen molar-refractivity contribution in [3.05, 3.63) is 23.8 Å². The van der Waals surface area contributed by atoms with E-state index in [0.717, 1.165) is 42.9 Å². The number of rotatable bonds is 7. The van der Waals surface area contributed by atoms with Crippen LogP contribution < -0.4 is 14.8 Å². The Morgan fingerprint density at radius 3 is 2.77 bits per heavy atom. The molecule has 1 aromatic rings. The minimum Gasteiger partial charge on any atom is -0.466 e. The fraction of sp³-hybridized carbons (Fsp3) is 0.667. The van der Waals surface area contributed by atoms with Gasteiger partial charge in [0.1, 0.15) is 0 Å². The highest BCUT2D eigenvalue weighted by atomic mass is 16.7. The van der Waals surface area contributed by atoms with Gasteiger partial charge in [0.25, 0.3) is 0 Å². The molecule has 1 saturated heterocycles. The largest absolute Gasteiger partial charge is 0.466 e. The van der Waals surface area contributed by atoms with E-state index in [4.69, 9.17) is 14.2 Å². The SMILES string of the molecule is CCCC(C)(C)CC1NCC(c2ccc3c(c2)OCO3)C1C(=O)OCC. The van der Waals surface area contributed by atoms with Crippen molar-refractivity contribution in [3.63, 3.8) is 0 Å². The number of esters is 1. The topological polar surface area (TPSA) is 56.8 Å². The molecule has 0 bridgehead atoms. The first-order chi connectivity index (χ1) is 12.4. The zero-order chi connectivity index (χ0) is 18.7. The number of carbonyl (C=O) groups is 1. The molecular formula is C21H31NO4. The van der Waals surface area contributed by atoms with Gasteiger partial charge in [-0.1, -0.05) is 33.3 Å². The third-order valence-electron chi connectivity index (χ3n) is 5.55. The second kappa shape index (κ2) is 7.87. The van der Waals surface area contributed by atoms with E-state index >= 15 is 0 Å². The van der Waals surface area contributed by atoms with Crippen LogP contribution in [0.4, 0.5) is 0 Å². The summed E-state index contributed by atoms with van der Waals surface area (Å²) in [5.74, 6) is 1.35. The summed E-state index contributed by atoms with van der Waals surface area (Å²) >= 11 is 0. The van der Waals surface area contributed by atoms with E-state index in [1.165, 1.54) is 0 Å². The summed E-state index contributed by atoms with van der Waals surface area (Å²) in [7, 11) is 0. The smallest absolute Gasteiger partial charge is 0.311 e. The van der Waals surface area contributed by atoms with E-state index in [0.29, 0.717) is 6.61 Å². The van der Waals surface area contributed by atoms with Gasteiger partial charge in [0.2, 0.25) is 6.79 Å². The Labute approximate surface area is 156 Å². The van der Waals surface area contributed by atoms with Gasteiger partial charge in [0.05, 0.1) is 12.5 Å². The van der Waals surface area contributed by atoms with Crippen LogP contribution in [-0.2, 0) is 9.53 Å². The van der Waals surface area contributed by atoms with Gasteiger partial charge in [0, 0.05) is 18.5 Å². The molecular weight excluding hydrogens is 330 g/mol.